The predicted molar refractivity (Wildman–Crippen MR) is 140 cm³/mol. The van der Waals surface area contributed by atoms with Gasteiger partial charge in [0.15, 0.2) is 5.65 Å². The third-order valence-corrected chi connectivity index (χ3v) is 11.0. The molecular formula is C30H33F6N5O2. The molecule has 2 bridgehead atoms. The SMILES string of the molecule is O=C(N1CCC(F)(F)CC1c1ccc2[nH]c(C(NC(=O)C3(C(F)(F)F)CC3)C(C3CC3)C3CC3)nc2n1)C12CC(F)(C1)C2. The Morgan fingerprint density at radius 3 is 2.19 bits per heavy atom. The number of carbonyl (C=O) groups excluding carboxylic acids is 2. The molecule has 7 aliphatic rings. The monoisotopic (exact) mass is 609 g/mol. The van der Waals surface area contributed by atoms with Crippen molar-refractivity contribution in [3.8, 4) is 0 Å². The van der Waals surface area contributed by atoms with Crippen LogP contribution < -0.4 is 5.32 Å². The number of rotatable bonds is 8. The van der Waals surface area contributed by atoms with Gasteiger partial charge in [0.25, 0.3) is 5.92 Å². The molecule has 13 heteroatoms. The Morgan fingerprint density at radius 1 is 0.977 bits per heavy atom. The Morgan fingerprint density at radius 2 is 1.63 bits per heavy atom. The first-order valence-electron chi connectivity index (χ1n) is 15.3. The van der Waals surface area contributed by atoms with Crippen LogP contribution in [0.15, 0.2) is 12.1 Å². The van der Waals surface area contributed by atoms with E-state index in [9.17, 15) is 35.9 Å². The van der Waals surface area contributed by atoms with Crippen molar-refractivity contribution in [2.24, 2.45) is 28.6 Å². The molecule has 7 nitrogen and oxygen atoms in total. The van der Waals surface area contributed by atoms with Crippen LogP contribution >= 0.6 is 0 Å². The maximum atomic E-state index is 14.7. The third kappa shape index (κ3) is 4.37. The fraction of sp³-hybridized carbons (Fsp3) is 0.733. The summed E-state index contributed by atoms with van der Waals surface area (Å²) in [4.78, 5) is 40.3. The van der Waals surface area contributed by atoms with Gasteiger partial charge in [0, 0.05) is 19.4 Å². The second-order valence-corrected chi connectivity index (χ2v) is 14.3. The van der Waals surface area contributed by atoms with Crippen LogP contribution in [0.25, 0.3) is 11.2 Å². The first-order valence-corrected chi connectivity index (χ1v) is 15.3. The molecular weight excluding hydrogens is 576 g/mol. The highest BCUT2D eigenvalue weighted by Crippen LogP contribution is 2.70. The van der Waals surface area contributed by atoms with E-state index in [4.69, 9.17) is 0 Å². The van der Waals surface area contributed by atoms with E-state index in [1.54, 1.807) is 12.1 Å². The zero-order valence-corrected chi connectivity index (χ0v) is 23.5. The van der Waals surface area contributed by atoms with Gasteiger partial charge in [0.1, 0.15) is 16.9 Å². The number of carbonyl (C=O) groups is 2. The summed E-state index contributed by atoms with van der Waals surface area (Å²) in [5.41, 5.74) is -3.62. The van der Waals surface area contributed by atoms with Crippen molar-refractivity contribution in [3.05, 3.63) is 23.7 Å². The van der Waals surface area contributed by atoms with Crippen molar-refractivity contribution in [2.75, 3.05) is 6.54 Å². The number of H-pyrrole nitrogens is 1. The highest BCUT2D eigenvalue weighted by atomic mass is 19.4. The lowest BCUT2D eigenvalue weighted by atomic mass is 9.41. The summed E-state index contributed by atoms with van der Waals surface area (Å²) < 4.78 is 84.9. The minimum Gasteiger partial charge on any atom is -0.345 e. The van der Waals surface area contributed by atoms with Gasteiger partial charge in [-0.15, -0.1) is 0 Å². The standard InChI is InChI=1S/C30H33F6N5O2/c31-27-12-26(13-27,14-27)25(43)41-10-9-29(32,33)11-19(41)17-5-6-18-22(37-17)40-23(38-18)21(20(15-1-2-15)16-3-4-16)39-24(42)28(7-8-28)30(34,35)36/h5-6,15-16,19-21H,1-4,7-14H2,(H,39,42)(H,37,38,40). The Bertz CT molecular complexity index is 1480. The summed E-state index contributed by atoms with van der Waals surface area (Å²) in [6, 6.07) is 1.40. The number of aromatic amines is 1. The molecule has 232 valence electrons. The van der Waals surface area contributed by atoms with Gasteiger partial charge in [0.2, 0.25) is 11.8 Å². The Labute approximate surface area is 243 Å². The molecule has 1 saturated heterocycles. The molecule has 0 spiro atoms. The molecule has 2 aromatic heterocycles. The number of likely N-dealkylation sites (tertiary alicyclic amines) is 1. The molecule has 2 N–H and O–H groups in total. The van der Waals surface area contributed by atoms with Crippen LogP contribution in [-0.2, 0) is 9.59 Å². The summed E-state index contributed by atoms with van der Waals surface area (Å²) in [7, 11) is 0. The molecule has 9 rings (SSSR count). The maximum Gasteiger partial charge on any atom is 0.403 e. The van der Waals surface area contributed by atoms with Crippen LogP contribution in [0, 0.1) is 28.6 Å². The second kappa shape index (κ2) is 8.65. The molecule has 3 heterocycles. The van der Waals surface area contributed by atoms with Gasteiger partial charge in [-0.1, -0.05) is 0 Å². The average Bonchev–Trinajstić information content (AvgIpc) is 3.74. The number of fused-ring (bicyclic) bond motifs is 1. The topological polar surface area (TPSA) is 91.0 Å². The smallest absolute Gasteiger partial charge is 0.345 e. The number of imidazole rings is 1. The van der Waals surface area contributed by atoms with E-state index in [0.717, 1.165) is 25.7 Å². The van der Waals surface area contributed by atoms with E-state index in [0.29, 0.717) is 11.3 Å². The number of nitrogens with one attached hydrogen (secondary N) is 2. The van der Waals surface area contributed by atoms with Gasteiger partial charge >= 0.3 is 6.18 Å². The van der Waals surface area contributed by atoms with Crippen LogP contribution in [0.1, 0.15) is 94.2 Å². The third-order valence-electron chi connectivity index (χ3n) is 11.0. The molecule has 0 radical (unpaired) electrons. The van der Waals surface area contributed by atoms with Crippen molar-refractivity contribution >= 4 is 23.0 Å². The summed E-state index contributed by atoms with van der Waals surface area (Å²) in [5, 5.41) is 2.73. The zero-order chi connectivity index (χ0) is 30.2. The second-order valence-electron chi connectivity index (χ2n) is 14.3. The first-order chi connectivity index (χ1) is 20.2. The van der Waals surface area contributed by atoms with Gasteiger partial charge in [-0.25, -0.2) is 23.1 Å². The summed E-state index contributed by atoms with van der Waals surface area (Å²) in [5.74, 6) is -3.56. The molecule has 2 atom stereocenters. The lowest BCUT2D eigenvalue weighted by molar-refractivity contribution is -0.227. The summed E-state index contributed by atoms with van der Waals surface area (Å²) in [6.45, 7) is -0.164. The van der Waals surface area contributed by atoms with Gasteiger partial charge < -0.3 is 15.2 Å². The van der Waals surface area contributed by atoms with Gasteiger partial charge in [-0.3, -0.25) is 9.59 Å². The van der Waals surface area contributed by atoms with E-state index in [1.165, 1.54) is 4.90 Å². The number of halogens is 6. The maximum absolute atomic E-state index is 14.7. The van der Waals surface area contributed by atoms with E-state index < -0.39 is 59.4 Å². The molecule has 0 aromatic carbocycles. The fourth-order valence-corrected chi connectivity index (χ4v) is 8.18. The molecule has 1 aliphatic heterocycles. The lowest BCUT2D eigenvalue weighted by Crippen LogP contribution is -2.71. The number of hydrogen-bond donors (Lipinski definition) is 2. The average molecular weight is 610 g/mol. The van der Waals surface area contributed by atoms with Crippen LogP contribution in [0.3, 0.4) is 0 Å². The van der Waals surface area contributed by atoms with E-state index in [-0.39, 0.29) is 73.7 Å². The number of aromatic nitrogens is 3. The van der Waals surface area contributed by atoms with Crippen molar-refractivity contribution in [3.63, 3.8) is 0 Å². The highest BCUT2D eigenvalue weighted by molar-refractivity contribution is 5.88. The Kier molecular flexibility index (Phi) is 5.57. The minimum absolute atomic E-state index is 0.0648. The first kappa shape index (κ1) is 27.7. The van der Waals surface area contributed by atoms with Gasteiger partial charge in [-0.05, 0) is 87.7 Å². The van der Waals surface area contributed by atoms with Crippen molar-refractivity contribution in [1.82, 2.24) is 25.2 Å². The molecule has 6 saturated carbocycles. The van der Waals surface area contributed by atoms with Crippen molar-refractivity contribution in [1.29, 1.82) is 0 Å². The van der Waals surface area contributed by atoms with Crippen molar-refractivity contribution in [2.45, 2.75) is 100 Å². The number of amides is 2. The Balaban J connectivity index is 1.11. The highest BCUT2D eigenvalue weighted by Gasteiger charge is 2.74. The number of alkyl halides is 6. The van der Waals surface area contributed by atoms with E-state index in [1.807, 2.05) is 0 Å². The number of hydrogen-bond acceptors (Lipinski definition) is 4. The largest absolute Gasteiger partial charge is 0.403 e. The minimum atomic E-state index is -4.64. The molecule has 2 aromatic rings. The lowest BCUT2D eigenvalue weighted by Gasteiger charge is -2.65. The van der Waals surface area contributed by atoms with Gasteiger partial charge in [-0.2, -0.15) is 13.2 Å². The number of pyridine rings is 1. The molecule has 2 unspecified atom stereocenters. The normalized spacial score (nSPS) is 33.1. The van der Waals surface area contributed by atoms with Crippen molar-refractivity contribution < 1.29 is 35.9 Å². The molecule has 7 fully saturated rings. The van der Waals surface area contributed by atoms with E-state index >= 15 is 0 Å². The fourth-order valence-electron chi connectivity index (χ4n) is 8.18. The molecule has 2 amide bonds. The van der Waals surface area contributed by atoms with Crippen LogP contribution in [-0.4, -0.2) is 56.0 Å². The molecule has 6 aliphatic carbocycles. The number of nitrogens with zero attached hydrogens (tertiary/aromatic N) is 3. The zero-order valence-electron chi connectivity index (χ0n) is 23.5. The summed E-state index contributed by atoms with van der Waals surface area (Å²) in [6.07, 6.45) is -2.11. The summed E-state index contributed by atoms with van der Waals surface area (Å²) >= 11 is 0. The van der Waals surface area contributed by atoms with Crippen LogP contribution in [0.2, 0.25) is 0 Å². The Hall–Kier alpha value is -2.86. The van der Waals surface area contributed by atoms with Gasteiger partial charge in [0.05, 0.1) is 28.7 Å². The molecule has 43 heavy (non-hydrogen) atoms. The van der Waals surface area contributed by atoms with E-state index in [2.05, 4.69) is 20.3 Å². The quantitative estimate of drug-likeness (QED) is 0.355. The van der Waals surface area contributed by atoms with Crippen LogP contribution in [0.4, 0.5) is 26.3 Å². The van der Waals surface area contributed by atoms with Crippen LogP contribution in [0.5, 0.6) is 0 Å². The predicted octanol–water partition coefficient (Wildman–Crippen LogP) is 6.08. The number of piperidine rings is 1.